The minimum atomic E-state index is -0.388. The van der Waals surface area contributed by atoms with Gasteiger partial charge in [-0.25, -0.2) is 0 Å². The highest BCUT2D eigenvalue weighted by Crippen LogP contribution is 2.24. The zero-order chi connectivity index (χ0) is 18.1. The first-order valence-electron chi connectivity index (χ1n) is 8.86. The summed E-state index contributed by atoms with van der Waals surface area (Å²) in [6.45, 7) is 3.32. The molecule has 0 bridgehead atoms. The molecule has 5 nitrogen and oxygen atoms in total. The molecule has 0 unspecified atom stereocenters. The number of hydrogen-bond acceptors (Lipinski definition) is 3. The van der Waals surface area contributed by atoms with Crippen molar-refractivity contribution >= 4 is 22.5 Å². The van der Waals surface area contributed by atoms with E-state index in [-0.39, 0.29) is 16.9 Å². The van der Waals surface area contributed by atoms with Crippen molar-refractivity contribution in [1.82, 2.24) is 4.57 Å². The fraction of sp³-hybridized carbons (Fsp3) is 0.238. The van der Waals surface area contributed by atoms with Gasteiger partial charge in [0.05, 0.1) is 12.1 Å². The van der Waals surface area contributed by atoms with Gasteiger partial charge < -0.3 is 14.6 Å². The number of ether oxygens (including phenoxy) is 1. The van der Waals surface area contributed by atoms with E-state index < -0.39 is 0 Å². The lowest BCUT2D eigenvalue weighted by molar-refractivity contribution is 0.102. The highest BCUT2D eigenvalue weighted by atomic mass is 16.5. The fourth-order valence-corrected chi connectivity index (χ4v) is 3.52. The third-order valence-corrected chi connectivity index (χ3v) is 4.69. The van der Waals surface area contributed by atoms with Gasteiger partial charge in [-0.05, 0) is 55.7 Å². The number of benzene rings is 2. The molecule has 1 amide bonds. The summed E-state index contributed by atoms with van der Waals surface area (Å²) in [5, 5.41) is 3.42. The molecule has 1 aromatic heterocycles. The summed E-state index contributed by atoms with van der Waals surface area (Å²) in [7, 11) is 0. The van der Waals surface area contributed by atoms with Gasteiger partial charge in [0.1, 0.15) is 11.3 Å². The predicted molar refractivity (Wildman–Crippen MR) is 102 cm³/mol. The Balaban J connectivity index is 1.69. The van der Waals surface area contributed by atoms with E-state index in [1.54, 1.807) is 36.5 Å². The Morgan fingerprint density at radius 3 is 2.77 bits per heavy atom. The zero-order valence-electron chi connectivity index (χ0n) is 14.6. The van der Waals surface area contributed by atoms with E-state index in [1.165, 1.54) is 5.56 Å². The van der Waals surface area contributed by atoms with Crippen LogP contribution in [0.4, 0.5) is 5.69 Å². The molecule has 2 aromatic carbocycles. The van der Waals surface area contributed by atoms with Gasteiger partial charge in [0.25, 0.3) is 5.91 Å². The summed E-state index contributed by atoms with van der Waals surface area (Å²) >= 11 is 0. The molecule has 0 fully saturated rings. The Labute approximate surface area is 151 Å². The molecule has 0 saturated heterocycles. The molecular formula is C21H20N2O3. The predicted octanol–water partition coefficient (Wildman–Crippen LogP) is 3.60. The first-order valence-corrected chi connectivity index (χ1v) is 8.86. The first kappa shape index (κ1) is 16.4. The molecule has 4 rings (SSSR count). The van der Waals surface area contributed by atoms with Crippen molar-refractivity contribution < 1.29 is 9.53 Å². The largest absolute Gasteiger partial charge is 0.494 e. The van der Waals surface area contributed by atoms with Gasteiger partial charge in [0.15, 0.2) is 0 Å². The number of aryl methyl sites for hydroxylation is 2. The molecule has 0 spiro atoms. The van der Waals surface area contributed by atoms with E-state index in [0.29, 0.717) is 17.7 Å². The third kappa shape index (κ3) is 2.86. The van der Waals surface area contributed by atoms with Crippen molar-refractivity contribution in [2.24, 2.45) is 0 Å². The Hall–Kier alpha value is -3.08. The highest BCUT2D eigenvalue weighted by molar-refractivity contribution is 6.06. The monoisotopic (exact) mass is 348 g/mol. The molecule has 1 aliphatic rings. The standard InChI is InChI=1S/C21H20N2O3/c1-2-26-16-10-8-15(9-11-16)22-21(25)18-13-23-12-4-6-14-5-3-7-17(19(14)23)20(18)24/h3,5,7-11,13H,2,4,6,12H2,1H3,(H,22,25). The van der Waals surface area contributed by atoms with Crippen molar-refractivity contribution in [1.29, 1.82) is 0 Å². The van der Waals surface area contributed by atoms with Gasteiger partial charge in [-0.15, -0.1) is 0 Å². The summed E-state index contributed by atoms with van der Waals surface area (Å²) in [6.07, 6.45) is 3.67. The fourth-order valence-electron chi connectivity index (χ4n) is 3.52. The Morgan fingerprint density at radius 1 is 1.19 bits per heavy atom. The van der Waals surface area contributed by atoms with Crippen molar-refractivity contribution in [3.63, 3.8) is 0 Å². The third-order valence-electron chi connectivity index (χ3n) is 4.69. The molecule has 26 heavy (non-hydrogen) atoms. The van der Waals surface area contributed by atoms with Crippen molar-refractivity contribution in [3.05, 3.63) is 70.0 Å². The number of amides is 1. The number of anilines is 1. The average molecular weight is 348 g/mol. The lowest BCUT2D eigenvalue weighted by atomic mass is 10.00. The maximum Gasteiger partial charge on any atom is 0.261 e. The van der Waals surface area contributed by atoms with Crippen molar-refractivity contribution in [2.75, 3.05) is 11.9 Å². The van der Waals surface area contributed by atoms with E-state index in [9.17, 15) is 9.59 Å². The molecule has 0 atom stereocenters. The maximum absolute atomic E-state index is 12.8. The Kier molecular flexibility index (Phi) is 4.21. The number of para-hydroxylation sites is 1. The van der Waals surface area contributed by atoms with E-state index in [0.717, 1.165) is 30.7 Å². The minimum absolute atomic E-state index is 0.172. The van der Waals surface area contributed by atoms with Gasteiger partial charge in [0.2, 0.25) is 5.43 Å². The second-order valence-electron chi connectivity index (χ2n) is 6.39. The van der Waals surface area contributed by atoms with Crippen LogP contribution in [0.2, 0.25) is 0 Å². The lowest BCUT2D eigenvalue weighted by Crippen LogP contribution is -2.25. The molecular weight excluding hydrogens is 328 g/mol. The van der Waals surface area contributed by atoms with Gasteiger partial charge in [-0.3, -0.25) is 9.59 Å². The quantitative estimate of drug-likeness (QED) is 0.784. The van der Waals surface area contributed by atoms with Crippen LogP contribution >= 0.6 is 0 Å². The number of nitrogens with zero attached hydrogens (tertiary/aromatic N) is 1. The maximum atomic E-state index is 12.8. The van der Waals surface area contributed by atoms with Crippen LogP contribution in [0, 0.1) is 0 Å². The molecule has 0 aliphatic carbocycles. The molecule has 1 aliphatic heterocycles. The van der Waals surface area contributed by atoms with Gasteiger partial charge >= 0.3 is 0 Å². The van der Waals surface area contributed by atoms with Crippen LogP contribution in [0.15, 0.2) is 53.5 Å². The number of rotatable bonds is 4. The van der Waals surface area contributed by atoms with Gasteiger partial charge in [0, 0.05) is 23.8 Å². The molecule has 132 valence electrons. The average Bonchev–Trinajstić information content (AvgIpc) is 2.66. The summed E-state index contributed by atoms with van der Waals surface area (Å²) in [5.74, 6) is 0.356. The molecule has 5 heteroatoms. The zero-order valence-corrected chi connectivity index (χ0v) is 14.6. The molecule has 0 saturated carbocycles. The van der Waals surface area contributed by atoms with Crippen LogP contribution in [0.25, 0.3) is 10.9 Å². The molecule has 2 heterocycles. The van der Waals surface area contributed by atoms with E-state index in [2.05, 4.69) is 11.4 Å². The highest BCUT2D eigenvalue weighted by Gasteiger charge is 2.19. The van der Waals surface area contributed by atoms with Crippen LogP contribution in [0.3, 0.4) is 0 Å². The van der Waals surface area contributed by atoms with E-state index >= 15 is 0 Å². The number of aromatic nitrogens is 1. The van der Waals surface area contributed by atoms with Crippen LogP contribution in [0.1, 0.15) is 29.3 Å². The van der Waals surface area contributed by atoms with Gasteiger partial charge in [-0.2, -0.15) is 0 Å². The smallest absolute Gasteiger partial charge is 0.261 e. The van der Waals surface area contributed by atoms with Crippen molar-refractivity contribution in [2.45, 2.75) is 26.3 Å². The summed E-state index contributed by atoms with van der Waals surface area (Å²) in [6, 6.07) is 12.9. The SMILES string of the molecule is CCOc1ccc(NC(=O)c2cn3c4c(cccc4c2=O)CCC3)cc1. The van der Waals surface area contributed by atoms with Crippen LogP contribution in [-0.4, -0.2) is 17.1 Å². The van der Waals surface area contributed by atoms with Crippen LogP contribution in [-0.2, 0) is 13.0 Å². The number of hydrogen-bond donors (Lipinski definition) is 1. The summed E-state index contributed by atoms with van der Waals surface area (Å²) in [4.78, 5) is 25.6. The molecule has 1 N–H and O–H groups in total. The molecule has 3 aromatic rings. The summed E-state index contributed by atoms with van der Waals surface area (Å²) < 4.78 is 7.43. The summed E-state index contributed by atoms with van der Waals surface area (Å²) in [5.41, 5.74) is 2.71. The molecule has 0 radical (unpaired) electrons. The van der Waals surface area contributed by atoms with Crippen molar-refractivity contribution in [3.8, 4) is 5.75 Å². The van der Waals surface area contributed by atoms with Crippen LogP contribution in [0.5, 0.6) is 5.75 Å². The Morgan fingerprint density at radius 2 is 2.00 bits per heavy atom. The number of pyridine rings is 1. The lowest BCUT2D eigenvalue weighted by Gasteiger charge is -2.20. The minimum Gasteiger partial charge on any atom is -0.494 e. The first-order chi connectivity index (χ1) is 12.7. The Bertz CT molecular complexity index is 1040. The second-order valence-corrected chi connectivity index (χ2v) is 6.39. The number of carbonyl (C=O) groups excluding carboxylic acids is 1. The second kappa shape index (κ2) is 6.67. The normalized spacial score (nSPS) is 12.8. The van der Waals surface area contributed by atoms with E-state index in [4.69, 9.17) is 4.74 Å². The number of nitrogens with one attached hydrogen (secondary N) is 1. The number of carbonyl (C=O) groups is 1. The topological polar surface area (TPSA) is 60.3 Å². The van der Waals surface area contributed by atoms with E-state index in [1.807, 2.05) is 17.6 Å². The van der Waals surface area contributed by atoms with Gasteiger partial charge in [-0.1, -0.05) is 12.1 Å². The van der Waals surface area contributed by atoms with Crippen LogP contribution < -0.4 is 15.5 Å².